The highest BCUT2D eigenvalue weighted by atomic mass is 35.5. The molecule has 7 nitrogen and oxygen atoms in total. The van der Waals surface area contributed by atoms with Crippen molar-refractivity contribution < 1.29 is 31.2 Å². The highest BCUT2D eigenvalue weighted by Gasteiger charge is 2.35. The van der Waals surface area contributed by atoms with Crippen LogP contribution in [-0.2, 0) is 32.3 Å². The predicted molar refractivity (Wildman–Crippen MR) is 138 cm³/mol. The van der Waals surface area contributed by atoms with E-state index in [1.807, 2.05) is 0 Å². The minimum atomic E-state index is -4.74. The van der Waals surface area contributed by atoms with Gasteiger partial charge in [-0.1, -0.05) is 54.1 Å². The van der Waals surface area contributed by atoms with Crippen LogP contribution in [-0.4, -0.2) is 44.8 Å². The summed E-state index contributed by atoms with van der Waals surface area (Å²) in [5, 5.41) is 2.76. The lowest BCUT2D eigenvalue weighted by atomic mass is 10.1. The number of anilines is 1. The van der Waals surface area contributed by atoms with Crippen LogP contribution in [0.4, 0.5) is 18.9 Å². The molecule has 3 rings (SSSR count). The van der Waals surface area contributed by atoms with Gasteiger partial charge in [-0.05, 0) is 48.9 Å². The zero-order valence-electron chi connectivity index (χ0n) is 20.4. The maximum absolute atomic E-state index is 13.6. The molecule has 0 aliphatic carbocycles. The van der Waals surface area contributed by atoms with Crippen molar-refractivity contribution in [3.8, 4) is 0 Å². The topological polar surface area (TPSA) is 86.8 Å². The van der Waals surface area contributed by atoms with Crippen LogP contribution in [0.2, 0.25) is 5.02 Å². The van der Waals surface area contributed by atoms with Crippen molar-refractivity contribution in [2.75, 3.05) is 17.9 Å². The van der Waals surface area contributed by atoms with E-state index >= 15 is 0 Å². The van der Waals surface area contributed by atoms with Crippen molar-refractivity contribution in [3.63, 3.8) is 0 Å². The number of nitrogens with one attached hydrogen (secondary N) is 1. The molecule has 0 radical (unpaired) electrons. The quantitative estimate of drug-likeness (QED) is 0.405. The van der Waals surface area contributed by atoms with Crippen molar-refractivity contribution in [3.05, 3.63) is 95.0 Å². The van der Waals surface area contributed by atoms with Crippen LogP contribution in [0, 0.1) is 0 Å². The summed E-state index contributed by atoms with van der Waals surface area (Å²) in [5.41, 5.74) is -0.945. The van der Waals surface area contributed by atoms with Gasteiger partial charge in [-0.15, -0.1) is 0 Å². The third kappa shape index (κ3) is 6.65. The van der Waals surface area contributed by atoms with E-state index in [1.54, 1.807) is 30.3 Å². The Bertz CT molecular complexity index is 1400. The van der Waals surface area contributed by atoms with Gasteiger partial charge in [0.25, 0.3) is 10.0 Å². The molecule has 0 bridgehead atoms. The molecular weight excluding hydrogens is 543 g/mol. The lowest BCUT2D eigenvalue weighted by Crippen LogP contribution is -2.50. The van der Waals surface area contributed by atoms with E-state index in [1.165, 1.54) is 44.3 Å². The number of benzene rings is 3. The molecule has 0 aliphatic heterocycles. The first kappa shape index (κ1) is 29.0. The summed E-state index contributed by atoms with van der Waals surface area (Å²) in [6.45, 7) is 0.438. The predicted octanol–water partition coefficient (Wildman–Crippen LogP) is 4.72. The summed E-state index contributed by atoms with van der Waals surface area (Å²) < 4.78 is 68.2. The number of sulfonamides is 1. The molecule has 0 unspecified atom stereocenters. The van der Waals surface area contributed by atoms with Gasteiger partial charge in [0.2, 0.25) is 11.8 Å². The van der Waals surface area contributed by atoms with Crippen LogP contribution in [0.5, 0.6) is 0 Å². The molecular formula is C26H25ClF3N3O4S. The van der Waals surface area contributed by atoms with E-state index in [-0.39, 0.29) is 17.1 Å². The number of hydrogen-bond donors (Lipinski definition) is 1. The molecule has 12 heteroatoms. The number of amides is 2. The van der Waals surface area contributed by atoms with E-state index in [0.29, 0.717) is 21.0 Å². The zero-order valence-corrected chi connectivity index (χ0v) is 22.0. The SMILES string of the molecule is CNC(=O)[C@@H](C)N(Cc1ccccc1Cl)C(=O)CN(c1cccc(C(F)(F)F)c1)S(=O)(=O)c1ccccc1. The molecule has 0 heterocycles. The fourth-order valence-electron chi connectivity index (χ4n) is 3.69. The molecule has 0 saturated heterocycles. The summed E-state index contributed by atoms with van der Waals surface area (Å²) in [6, 6.07) is 16.3. The minimum absolute atomic E-state index is 0.144. The molecule has 0 aromatic heterocycles. The third-order valence-electron chi connectivity index (χ3n) is 5.78. The van der Waals surface area contributed by atoms with Gasteiger partial charge in [-0.2, -0.15) is 13.2 Å². The van der Waals surface area contributed by atoms with E-state index in [2.05, 4.69) is 5.32 Å². The maximum Gasteiger partial charge on any atom is 0.416 e. The van der Waals surface area contributed by atoms with Gasteiger partial charge >= 0.3 is 6.18 Å². The third-order valence-corrected chi connectivity index (χ3v) is 7.94. The van der Waals surface area contributed by atoms with Crippen LogP contribution in [0.15, 0.2) is 83.8 Å². The smallest absolute Gasteiger partial charge is 0.357 e. The maximum atomic E-state index is 13.6. The number of nitrogens with zero attached hydrogens (tertiary/aromatic N) is 2. The number of rotatable bonds is 9. The first-order chi connectivity index (χ1) is 17.9. The van der Waals surface area contributed by atoms with E-state index in [9.17, 15) is 31.2 Å². The van der Waals surface area contributed by atoms with Crippen LogP contribution in [0.3, 0.4) is 0 Å². The van der Waals surface area contributed by atoms with E-state index in [4.69, 9.17) is 11.6 Å². The first-order valence-corrected chi connectivity index (χ1v) is 13.2. The number of carbonyl (C=O) groups excluding carboxylic acids is 2. The standard InChI is InChI=1S/C26H25ClF3N3O4S/c1-18(25(35)31-2)32(16-19-9-6-7-14-23(19)27)24(34)17-33(38(36,37)22-12-4-3-5-13-22)21-11-8-10-20(15-21)26(28,29)30/h3-15,18H,16-17H2,1-2H3,(H,31,35)/t18-/m1/s1. The summed E-state index contributed by atoms with van der Waals surface area (Å²) in [7, 11) is -3.10. The Hall–Kier alpha value is -3.57. The Morgan fingerprint density at radius 3 is 2.21 bits per heavy atom. The molecule has 1 atom stereocenters. The van der Waals surface area contributed by atoms with Crippen LogP contribution in [0.25, 0.3) is 0 Å². The highest BCUT2D eigenvalue weighted by Crippen LogP contribution is 2.33. The van der Waals surface area contributed by atoms with Crippen molar-refractivity contribution in [2.24, 2.45) is 0 Å². The lowest BCUT2D eigenvalue weighted by molar-refractivity contribution is -0.139. The number of halogens is 4. The van der Waals surface area contributed by atoms with Crippen molar-refractivity contribution >= 4 is 39.1 Å². The molecule has 38 heavy (non-hydrogen) atoms. The highest BCUT2D eigenvalue weighted by molar-refractivity contribution is 7.92. The van der Waals surface area contributed by atoms with Gasteiger partial charge in [0.05, 0.1) is 16.1 Å². The monoisotopic (exact) mass is 567 g/mol. The van der Waals surface area contributed by atoms with E-state index in [0.717, 1.165) is 17.0 Å². The Morgan fingerprint density at radius 2 is 1.61 bits per heavy atom. The normalized spacial score (nSPS) is 12.5. The first-order valence-electron chi connectivity index (χ1n) is 11.4. The summed E-state index contributed by atoms with van der Waals surface area (Å²) in [6.07, 6.45) is -4.74. The van der Waals surface area contributed by atoms with Gasteiger partial charge in [0.1, 0.15) is 12.6 Å². The molecule has 1 N–H and O–H groups in total. The van der Waals surface area contributed by atoms with E-state index < -0.39 is 46.2 Å². The molecule has 2 amide bonds. The number of alkyl halides is 3. The van der Waals surface area contributed by atoms with Gasteiger partial charge < -0.3 is 10.2 Å². The number of likely N-dealkylation sites (N-methyl/N-ethyl adjacent to an activating group) is 1. The second-order valence-corrected chi connectivity index (χ2v) is 10.5. The van der Waals surface area contributed by atoms with Gasteiger partial charge in [-0.25, -0.2) is 8.42 Å². The summed E-state index contributed by atoms with van der Waals surface area (Å²) >= 11 is 6.25. The van der Waals surface area contributed by atoms with Crippen molar-refractivity contribution in [1.82, 2.24) is 10.2 Å². The number of hydrogen-bond acceptors (Lipinski definition) is 4. The fraction of sp³-hybridized carbons (Fsp3) is 0.231. The van der Waals surface area contributed by atoms with Crippen LogP contribution >= 0.6 is 11.6 Å². The average Bonchev–Trinajstić information content (AvgIpc) is 2.90. The van der Waals surface area contributed by atoms with Crippen LogP contribution in [0.1, 0.15) is 18.1 Å². The molecule has 0 saturated carbocycles. The van der Waals surface area contributed by atoms with Crippen molar-refractivity contribution in [1.29, 1.82) is 0 Å². The Morgan fingerprint density at radius 1 is 0.974 bits per heavy atom. The Kier molecular flexibility index (Phi) is 9.05. The minimum Gasteiger partial charge on any atom is -0.357 e. The largest absolute Gasteiger partial charge is 0.416 e. The van der Waals surface area contributed by atoms with Gasteiger partial charge in [0.15, 0.2) is 0 Å². The average molecular weight is 568 g/mol. The van der Waals surface area contributed by atoms with Gasteiger partial charge in [-0.3, -0.25) is 13.9 Å². The second-order valence-electron chi connectivity index (χ2n) is 8.28. The summed E-state index contributed by atoms with van der Waals surface area (Å²) in [5.74, 6) is -1.35. The number of carbonyl (C=O) groups is 2. The molecule has 0 fully saturated rings. The summed E-state index contributed by atoms with van der Waals surface area (Å²) in [4.78, 5) is 27.0. The molecule has 0 spiro atoms. The molecule has 3 aromatic rings. The molecule has 0 aliphatic rings. The van der Waals surface area contributed by atoms with Crippen molar-refractivity contribution in [2.45, 2.75) is 30.6 Å². The Balaban J connectivity index is 2.09. The lowest BCUT2D eigenvalue weighted by Gasteiger charge is -2.32. The van der Waals surface area contributed by atoms with Gasteiger partial charge in [0, 0.05) is 18.6 Å². The Labute approximate surface area is 223 Å². The van der Waals surface area contributed by atoms with Crippen LogP contribution < -0.4 is 9.62 Å². The fourth-order valence-corrected chi connectivity index (χ4v) is 5.31. The zero-order chi connectivity index (χ0) is 28.1. The molecule has 202 valence electrons. The second kappa shape index (κ2) is 11.9. The molecule has 3 aromatic carbocycles.